The zero-order valence-electron chi connectivity index (χ0n) is 15.3. The van der Waals surface area contributed by atoms with Crippen LogP contribution in [0.15, 0.2) is 59.0 Å². The van der Waals surface area contributed by atoms with Crippen molar-refractivity contribution in [3.8, 4) is 17.1 Å². The van der Waals surface area contributed by atoms with Crippen LogP contribution in [0.2, 0.25) is 0 Å². The second-order valence-corrected chi connectivity index (χ2v) is 6.31. The average molecular weight is 410 g/mol. The first-order valence-electron chi connectivity index (χ1n) is 8.16. The van der Waals surface area contributed by atoms with Crippen molar-refractivity contribution >= 4 is 11.0 Å². The van der Waals surface area contributed by atoms with Gasteiger partial charge in [-0.15, -0.1) is 10.2 Å². The van der Waals surface area contributed by atoms with Crippen molar-refractivity contribution in [3.63, 3.8) is 0 Å². The van der Waals surface area contributed by atoms with E-state index < -0.39 is 10.2 Å². The predicted molar refractivity (Wildman–Crippen MR) is 89.0 cm³/mol. The van der Waals surface area contributed by atoms with Gasteiger partial charge in [0, 0.05) is 12.7 Å². The van der Waals surface area contributed by atoms with Gasteiger partial charge in [0.05, 0.1) is 18.6 Å². The molecule has 150 valence electrons. The highest BCUT2D eigenvalue weighted by molar-refractivity contribution is 5.79. The summed E-state index contributed by atoms with van der Waals surface area (Å²) in [7, 11) is -1.59. The van der Waals surface area contributed by atoms with Gasteiger partial charge in [-0.2, -0.15) is 0 Å². The van der Waals surface area contributed by atoms with Crippen LogP contribution in [-0.2, 0) is 4.74 Å². The molecule has 0 aliphatic heterocycles. The lowest BCUT2D eigenvalue weighted by atomic mass is 10.1. The Morgan fingerprint density at radius 2 is 1.64 bits per heavy atom. The fraction of sp³-hybridized carbons (Fsp3) is 0.211. The molecule has 28 heavy (non-hydrogen) atoms. The van der Waals surface area contributed by atoms with E-state index in [1.807, 2.05) is 54.6 Å². The number of fused-ring (bicyclic) bond motifs is 1. The Kier molecular flexibility index (Phi) is 7.94. The summed E-state index contributed by atoms with van der Waals surface area (Å²) in [6.45, 7) is 1.36. The highest BCUT2D eigenvalue weighted by Crippen LogP contribution is 2.23. The van der Waals surface area contributed by atoms with Crippen LogP contribution in [-0.4, -0.2) is 27.4 Å². The van der Waals surface area contributed by atoms with Gasteiger partial charge < -0.3 is 13.9 Å². The summed E-state index contributed by atoms with van der Waals surface area (Å²) in [5.41, 5.74) is 1.85. The average Bonchev–Trinajstić information content (AvgIpc) is 2.67. The predicted octanol–water partition coefficient (Wildman–Crippen LogP) is -3.02. The fourth-order valence-electron chi connectivity index (χ4n) is 2.47. The normalized spacial score (nSPS) is 11.9. The molecule has 9 heteroatoms. The van der Waals surface area contributed by atoms with Crippen molar-refractivity contribution in [3.05, 3.63) is 60.0 Å². The first-order chi connectivity index (χ1) is 13.3. The van der Waals surface area contributed by atoms with E-state index in [1.165, 1.54) is 0 Å². The molecule has 0 atom stereocenters. The number of methoxy groups -OCH3 is 2. The maximum Gasteiger partial charge on any atom is 0.213 e. The van der Waals surface area contributed by atoms with Crippen molar-refractivity contribution in [2.75, 3.05) is 27.4 Å². The number of hydrogen-bond acceptors (Lipinski definition) is 7. The number of hydrogen-bond donors (Lipinski definition) is 1. The molecule has 0 spiro atoms. The zero-order chi connectivity index (χ0) is 20.6. The number of ether oxygens (including phenoxy) is 2. The van der Waals surface area contributed by atoms with Crippen LogP contribution in [0.5, 0.6) is 5.75 Å². The molecule has 0 saturated carbocycles. The van der Waals surface area contributed by atoms with Gasteiger partial charge in [0.1, 0.15) is 23.7 Å². The molecule has 8 nitrogen and oxygen atoms in total. The molecular formula is C19H20ClNO7. The maximum atomic E-state index is 8.49. The lowest BCUT2D eigenvalue weighted by Crippen LogP contribution is -2.77. The summed E-state index contributed by atoms with van der Waals surface area (Å²) in [6.07, 6.45) is 0. The van der Waals surface area contributed by atoms with Crippen molar-refractivity contribution in [1.82, 2.24) is 0 Å². The summed E-state index contributed by atoms with van der Waals surface area (Å²) in [5, 5.41) is 1.99. The number of halogens is 1. The molecule has 0 amide bonds. The van der Waals surface area contributed by atoms with Gasteiger partial charge in [0.2, 0.25) is 5.36 Å². The monoisotopic (exact) mass is 409 g/mol. The molecule has 0 radical (unpaired) electrons. The molecule has 0 unspecified atom stereocenters. The Morgan fingerprint density at radius 3 is 2.25 bits per heavy atom. The van der Waals surface area contributed by atoms with Gasteiger partial charge in [-0.3, -0.25) is 0 Å². The van der Waals surface area contributed by atoms with Crippen molar-refractivity contribution in [1.29, 1.82) is 0 Å². The van der Waals surface area contributed by atoms with E-state index in [0.29, 0.717) is 6.61 Å². The van der Waals surface area contributed by atoms with Gasteiger partial charge in [-0.1, -0.05) is 30.3 Å². The van der Waals surface area contributed by atoms with E-state index in [2.05, 4.69) is 4.99 Å². The topological polar surface area (TPSA) is 138 Å². The summed E-state index contributed by atoms with van der Waals surface area (Å²) in [4.78, 5) is 3.41. The van der Waals surface area contributed by atoms with E-state index in [1.54, 1.807) is 14.2 Å². The SMILES string of the molecule is COCC[NH+]=c1cc(-c2ccccc2)oc2ccc(OC)cc12.[O-][Cl+3]([O-])([O-])[O-]. The Labute approximate surface area is 163 Å². The van der Waals surface area contributed by atoms with E-state index in [4.69, 9.17) is 32.5 Å². The van der Waals surface area contributed by atoms with Gasteiger partial charge in [-0.25, -0.2) is 23.6 Å². The molecule has 0 fully saturated rings. The molecule has 0 bridgehead atoms. The number of benzene rings is 2. The summed E-state index contributed by atoms with van der Waals surface area (Å²) >= 11 is 0. The third-order valence-electron chi connectivity index (χ3n) is 3.65. The molecule has 1 heterocycles. The highest BCUT2D eigenvalue weighted by Gasteiger charge is 2.09. The second kappa shape index (κ2) is 10.2. The zero-order valence-corrected chi connectivity index (χ0v) is 16.1. The number of nitrogens with one attached hydrogen (secondary N) is 1. The Morgan fingerprint density at radius 1 is 0.964 bits per heavy atom. The summed E-state index contributed by atoms with van der Waals surface area (Å²) in [5.74, 6) is 1.62. The Hall–Kier alpha value is -2.46. The number of rotatable bonds is 5. The second-order valence-electron chi connectivity index (χ2n) is 5.55. The first-order valence-corrected chi connectivity index (χ1v) is 9.40. The van der Waals surface area contributed by atoms with Crippen LogP contribution in [0, 0.1) is 10.2 Å². The van der Waals surface area contributed by atoms with Crippen molar-refractivity contribution in [2.24, 2.45) is 0 Å². The molecule has 0 aliphatic rings. The Balaban J connectivity index is 0.000000500. The minimum absolute atomic E-state index is 0.637. The lowest BCUT2D eigenvalue weighted by Gasteiger charge is -2.17. The van der Waals surface area contributed by atoms with Crippen LogP contribution in [0.3, 0.4) is 0 Å². The van der Waals surface area contributed by atoms with Crippen LogP contribution >= 0.6 is 0 Å². The van der Waals surface area contributed by atoms with Crippen molar-refractivity contribution in [2.45, 2.75) is 0 Å². The minimum atomic E-state index is -4.94. The molecule has 1 N–H and O–H groups in total. The highest BCUT2D eigenvalue weighted by atomic mass is 35.7. The van der Waals surface area contributed by atoms with E-state index in [9.17, 15) is 0 Å². The fourth-order valence-corrected chi connectivity index (χ4v) is 2.47. The molecule has 3 aromatic rings. The van der Waals surface area contributed by atoms with Gasteiger partial charge >= 0.3 is 0 Å². The van der Waals surface area contributed by atoms with E-state index >= 15 is 0 Å². The van der Waals surface area contributed by atoms with Crippen LogP contribution in [0.25, 0.3) is 22.3 Å². The van der Waals surface area contributed by atoms with E-state index in [-0.39, 0.29) is 0 Å². The largest absolute Gasteiger partial charge is 0.497 e. The third kappa shape index (κ3) is 6.93. The van der Waals surface area contributed by atoms with Crippen LogP contribution in [0.4, 0.5) is 0 Å². The maximum absolute atomic E-state index is 8.49. The first kappa shape index (κ1) is 21.8. The van der Waals surface area contributed by atoms with Crippen molar-refractivity contribution < 1.29 is 47.8 Å². The third-order valence-corrected chi connectivity index (χ3v) is 3.65. The molecule has 1 aromatic heterocycles. The molecule has 0 aliphatic carbocycles. The molecular weight excluding hydrogens is 390 g/mol. The smallest absolute Gasteiger partial charge is 0.213 e. The molecule has 3 rings (SSSR count). The van der Waals surface area contributed by atoms with E-state index in [0.717, 1.165) is 39.9 Å². The Bertz CT molecular complexity index is 946. The quantitative estimate of drug-likeness (QED) is 0.442. The van der Waals surface area contributed by atoms with Gasteiger partial charge in [0.15, 0.2) is 6.54 Å². The molecule has 0 saturated heterocycles. The van der Waals surface area contributed by atoms with Gasteiger partial charge in [0.25, 0.3) is 0 Å². The van der Waals surface area contributed by atoms with Crippen LogP contribution < -0.4 is 33.7 Å². The lowest BCUT2D eigenvalue weighted by molar-refractivity contribution is -2.00. The summed E-state index contributed by atoms with van der Waals surface area (Å²) in [6, 6.07) is 17.9. The molecule has 2 aromatic carbocycles. The van der Waals surface area contributed by atoms with Gasteiger partial charge in [-0.05, 0) is 18.2 Å². The standard InChI is InChI=1S/C19H19NO3.ClHO4/c1-21-11-10-20-17-13-19(14-6-4-3-5-7-14)23-18-9-8-15(22-2)12-16(17)18;2-1(3,4)5/h3-9,12-13H,10-11H2,1-2H3;(H,2,3,4,5). The summed E-state index contributed by atoms with van der Waals surface area (Å²) < 4.78 is 50.5. The van der Waals surface area contributed by atoms with Crippen LogP contribution in [0.1, 0.15) is 0 Å². The minimum Gasteiger partial charge on any atom is -0.497 e.